The zero-order chi connectivity index (χ0) is 19.5. The van der Waals surface area contributed by atoms with Crippen molar-refractivity contribution in [2.75, 3.05) is 5.75 Å². The lowest BCUT2D eigenvalue weighted by molar-refractivity contribution is -0.129. The van der Waals surface area contributed by atoms with Crippen LogP contribution in [-0.4, -0.2) is 42.4 Å². The van der Waals surface area contributed by atoms with Gasteiger partial charge >= 0.3 is 0 Å². The topological polar surface area (TPSA) is 63.9 Å². The van der Waals surface area contributed by atoms with Gasteiger partial charge in [-0.1, -0.05) is 29.4 Å². The molecule has 4 rings (SSSR count). The third-order valence-electron chi connectivity index (χ3n) is 4.69. The van der Waals surface area contributed by atoms with Gasteiger partial charge in [-0.15, -0.1) is 10.2 Å². The number of aryl methyl sites for hydroxylation is 1. The SMILES string of the molecule is Cc1ccc(-n2cnnc2SCC(=O)N(Cc2ccncc2)C2CC2)cc1Cl. The fourth-order valence-corrected chi connectivity index (χ4v) is 3.92. The molecule has 3 aromatic rings. The van der Waals surface area contributed by atoms with Gasteiger partial charge in [-0.3, -0.25) is 14.3 Å². The first kappa shape index (κ1) is 19.0. The van der Waals surface area contributed by atoms with Gasteiger partial charge in [0.15, 0.2) is 5.16 Å². The average molecular weight is 414 g/mol. The Bertz CT molecular complexity index is 974. The number of thioether (sulfide) groups is 1. The van der Waals surface area contributed by atoms with Crippen LogP contribution in [0.1, 0.15) is 24.0 Å². The molecule has 0 unspecified atom stereocenters. The summed E-state index contributed by atoms with van der Waals surface area (Å²) in [6.45, 7) is 2.58. The predicted octanol–water partition coefficient (Wildman–Crippen LogP) is 3.91. The number of pyridine rings is 1. The first-order chi connectivity index (χ1) is 13.6. The Kier molecular flexibility index (Phi) is 5.64. The van der Waals surface area contributed by atoms with Gasteiger partial charge in [-0.05, 0) is 55.2 Å². The fraction of sp³-hybridized carbons (Fsp3) is 0.300. The van der Waals surface area contributed by atoms with E-state index in [9.17, 15) is 4.79 Å². The van der Waals surface area contributed by atoms with E-state index in [0.717, 1.165) is 29.7 Å². The highest BCUT2D eigenvalue weighted by Gasteiger charge is 2.32. The van der Waals surface area contributed by atoms with Crippen molar-refractivity contribution in [3.8, 4) is 5.69 Å². The molecule has 1 amide bonds. The summed E-state index contributed by atoms with van der Waals surface area (Å²) >= 11 is 7.64. The second-order valence-corrected chi connectivity index (χ2v) is 8.16. The molecule has 1 aliphatic carbocycles. The largest absolute Gasteiger partial charge is 0.335 e. The molecule has 1 fully saturated rings. The lowest BCUT2D eigenvalue weighted by atomic mass is 10.2. The number of aromatic nitrogens is 4. The van der Waals surface area contributed by atoms with Crippen LogP contribution in [0, 0.1) is 6.92 Å². The summed E-state index contributed by atoms with van der Waals surface area (Å²) in [5.74, 6) is 0.431. The second-order valence-electron chi connectivity index (χ2n) is 6.81. The Morgan fingerprint density at radius 3 is 2.79 bits per heavy atom. The Morgan fingerprint density at radius 2 is 2.07 bits per heavy atom. The zero-order valence-electron chi connectivity index (χ0n) is 15.5. The number of benzene rings is 1. The van der Waals surface area contributed by atoms with Crippen molar-refractivity contribution in [3.63, 3.8) is 0 Å². The van der Waals surface area contributed by atoms with E-state index in [1.807, 2.05) is 46.7 Å². The molecule has 0 atom stereocenters. The van der Waals surface area contributed by atoms with E-state index < -0.39 is 0 Å². The molecule has 1 saturated carbocycles. The van der Waals surface area contributed by atoms with Crippen molar-refractivity contribution in [3.05, 3.63) is 65.2 Å². The Labute approximate surface area is 172 Å². The maximum Gasteiger partial charge on any atom is 0.233 e. The first-order valence-electron chi connectivity index (χ1n) is 9.09. The van der Waals surface area contributed by atoms with Crippen LogP contribution in [0.25, 0.3) is 5.69 Å². The van der Waals surface area contributed by atoms with Crippen LogP contribution >= 0.6 is 23.4 Å². The maximum absolute atomic E-state index is 12.9. The molecular weight excluding hydrogens is 394 g/mol. The molecule has 28 heavy (non-hydrogen) atoms. The van der Waals surface area contributed by atoms with Gasteiger partial charge in [0.05, 0.1) is 11.4 Å². The highest BCUT2D eigenvalue weighted by Crippen LogP contribution is 2.30. The summed E-state index contributed by atoms with van der Waals surface area (Å²) in [6, 6.07) is 10.1. The van der Waals surface area contributed by atoms with Crippen molar-refractivity contribution in [1.29, 1.82) is 0 Å². The van der Waals surface area contributed by atoms with Crippen molar-refractivity contribution in [2.45, 2.75) is 37.5 Å². The number of halogens is 1. The Hall–Kier alpha value is -2.38. The quantitative estimate of drug-likeness (QED) is 0.549. The summed E-state index contributed by atoms with van der Waals surface area (Å²) in [6.07, 6.45) is 7.30. The van der Waals surface area contributed by atoms with E-state index in [-0.39, 0.29) is 5.91 Å². The molecule has 2 heterocycles. The number of hydrogen-bond acceptors (Lipinski definition) is 5. The number of amides is 1. The smallest absolute Gasteiger partial charge is 0.233 e. The first-order valence-corrected chi connectivity index (χ1v) is 10.5. The van der Waals surface area contributed by atoms with Crippen LogP contribution in [0.15, 0.2) is 54.2 Å². The molecule has 144 valence electrons. The molecule has 2 aromatic heterocycles. The van der Waals surface area contributed by atoms with Crippen LogP contribution in [0.4, 0.5) is 0 Å². The summed E-state index contributed by atoms with van der Waals surface area (Å²) in [7, 11) is 0. The van der Waals surface area contributed by atoms with Gasteiger partial charge in [0.1, 0.15) is 6.33 Å². The van der Waals surface area contributed by atoms with Crippen LogP contribution in [0.2, 0.25) is 5.02 Å². The van der Waals surface area contributed by atoms with Crippen LogP contribution in [0.5, 0.6) is 0 Å². The third kappa shape index (κ3) is 4.36. The van der Waals surface area contributed by atoms with E-state index in [1.165, 1.54) is 11.8 Å². The molecule has 0 spiro atoms. The van der Waals surface area contributed by atoms with Crippen molar-refractivity contribution in [2.24, 2.45) is 0 Å². The molecule has 1 aliphatic rings. The lowest BCUT2D eigenvalue weighted by Crippen LogP contribution is -2.34. The van der Waals surface area contributed by atoms with Crippen LogP contribution < -0.4 is 0 Å². The Morgan fingerprint density at radius 1 is 1.29 bits per heavy atom. The molecule has 0 bridgehead atoms. The zero-order valence-corrected chi connectivity index (χ0v) is 17.0. The minimum absolute atomic E-state index is 0.112. The molecule has 0 aliphatic heterocycles. The minimum atomic E-state index is 0.112. The second kappa shape index (κ2) is 8.32. The standard InChI is InChI=1S/C20H20ClN5OS/c1-14-2-3-17(10-18(14)21)26-13-23-24-20(26)28-12-19(27)25(16-4-5-16)11-15-6-8-22-9-7-15/h2-3,6-10,13,16H,4-5,11-12H2,1H3. The number of carbonyl (C=O) groups is 1. The molecule has 8 heteroatoms. The summed E-state index contributed by atoms with van der Waals surface area (Å²) in [5, 5.41) is 9.54. The maximum atomic E-state index is 12.9. The van der Waals surface area contributed by atoms with Gasteiger partial charge in [0, 0.05) is 30.0 Å². The highest BCUT2D eigenvalue weighted by atomic mass is 35.5. The van der Waals surface area contributed by atoms with E-state index in [4.69, 9.17) is 11.6 Å². The van der Waals surface area contributed by atoms with Gasteiger partial charge in [-0.2, -0.15) is 0 Å². The van der Waals surface area contributed by atoms with Crippen molar-refractivity contribution in [1.82, 2.24) is 24.6 Å². The molecule has 0 N–H and O–H groups in total. The van der Waals surface area contributed by atoms with E-state index in [0.29, 0.717) is 28.5 Å². The van der Waals surface area contributed by atoms with Gasteiger partial charge in [0.2, 0.25) is 5.91 Å². The average Bonchev–Trinajstić information content (AvgIpc) is 3.44. The molecular formula is C20H20ClN5OS. The lowest BCUT2D eigenvalue weighted by Gasteiger charge is -2.22. The van der Waals surface area contributed by atoms with Crippen LogP contribution in [0.3, 0.4) is 0 Å². The monoisotopic (exact) mass is 413 g/mol. The molecule has 1 aromatic carbocycles. The van der Waals surface area contributed by atoms with Gasteiger partial charge < -0.3 is 4.90 Å². The van der Waals surface area contributed by atoms with Crippen molar-refractivity contribution < 1.29 is 4.79 Å². The minimum Gasteiger partial charge on any atom is -0.335 e. The number of rotatable bonds is 7. The van der Waals surface area contributed by atoms with Crippen LogP contribution in [-0.2, 0) is 11.3 Å². The molecule has 6 nitrogen and oxygen atoms in total. The summed E-state index contributed by atoms with van der Waals surface area (Å²) in [5.41, 5.74) is 2.99. The predicted molar refractivity (Wildman–Crippen MR) is 110 cm³/mol. The highest BCUT2D eigenvalue weighted by molar-refractivity contribution is 7.99. The van der Waals surface area contributed by atoms with Gasteiger partial charge in [-0.25, -0.2) is 0 Å². The fourth-order valence-electron chi connectivity index (χ4n) is 2.93. The number of nitrogens with zero attached hydrogens (tertiary/aromatic N) is 5. The van der Waals surface area contributed by atoms with Gasteiger partial charge in [0.25, 0.3) is 0 Å². The van der Waals surface area contributed by atoms with Crippen molar-refractivity contribution >= 4 is 29.3 Å². The van der Waals surface area contributed by atoms with E-state index in [2.05, 4.69) is 15.2 Å². The van der Waals surface area contributed by atoms with E-state index in [1.54, 1.807) is 18.7 Å². The normalized spacial score (nSPS) is 13.5. The Balaban J connectivity index is 1.44. The number of hydrogen-bond donors (Lipinski definition) is 0. The summed E-state index contributed by atoms with van der Waals surface area (Å²) < 4.78 is 1.85. The molecule has 0 radical (unpaired) electrons. The van der Waals surface area contributed by atoms with E-state index >= 15 is 0 Å². The molecule has 0 saturated heterocycles. The summed E-state index contributed by atoms with van der Waals surface area (Å²) in [4.78, 5) is 18.9. The number of carbonyl (C=O) groups excluding carboxylic acids is 1. The third-order valence-corrected chi connectivity index (χ3v) is 6.02.